The molecular weight excluding hydrogens is 513 g/mol. The Bertz CT molecular complexity index is 1310. The Morgan fingerprint density at radius 1 is 1.19 bits per heavy atom. The van der Waals surface area contributed by atoms with E-state index in [4.69, 9.17) is 20.6 Å². The van der Waals surface area contributed by atoms with E-state index in [0.717, 1.165) is 22.5 Å². The lowest BCUT2D eigenvalue weighted by Crippen LogP contribution is -2.14. The molecule has 0 radical (unpaired) electrons. The molecule has 0 spiro atoms. The molecule has 0 bridgehead atoms. The molecule has 0 saturated heterocycles. The van der Waals surface area contributed by atoms with Crippen molar-refractivity contribution in [2.75, 3.05) is 35.8 Å². The van der Waals surface area contributed by atoms with Crippen molar-refractivity contribution in [2.45, 2.75) is 26.9 Å². The number of carbonyl (C=O) groups is 1. The maximum Gasteiger partial charge on any atom is 0.335 e. The lowest BCUT2D eigenvalue weighted by atomic mass is 10.1. The van der Waals surface area contributed by atoms with Crippen LogP contribution in [0, 0.1) is 6.92 Å². The molecule has 37 heavy (non-hydrogen) atoms. The zero-order valence-electron chi connectivity index (χ0n) is 21.3. The normalized spacial score (nSPS) is 11.2. The van der Waals surface area contributed by atoms with Gasteiger partial charge in [0.1, 0.15) is 5.02 Å². The van der Waals surface area contributed by atoms with Gasteiger partial charge in [-0.3, -0.25) is 9.36 Å². The number of hydrogen-bond acceptors (Lipinski definition) is 8. The molecule has 2 aromatic carbocycles. The van der Waals surface area contributed by atoms with Crippen molar-refractivity contribution >= 4 is 53.9 Å². The first-order valence-corrected chi connectivity index (χ1v) is 13.8. The second-order valence-electron chi connectivity index (χ2n) is 8.05. The number of benzene rings is 2. The summed E-state index contributed by atoms with van der Waals surface area (Å²) in [5, 5.41) is 6.33. The van der Waals surface area contributed by atoms with E-state index in [1.165, 1.54) is 12.3 Å². The average Bonchev–Trinajstić information content (AvgIpc) is 2.86. The minimum absolute atomic E-state index is 0.189. The summed E-state index contributed by atoms with van der Waals surface area (Å²) >= 11 is 6.43. The smallest absolute Gasteiger partial charge is 0.328 e. The number of rotatable bonds is 12. The van der Waals surface area contributed by atoms with E-state index >= 15 is 0 Å². The highest BCUT2D eigenvalue weighted by molar-refractivity contribution is 7.53. The van der Waals surface area contributed by atoms with E-state index < -0.39 is 7.60 Å². The maximum absolute atomic E-state index is 12.9. The highest BCUT2D eigenvalue weighted by Crippen LogP contribution is 2.51. The van der Waals surface area contributed by atoms with E-state index in [0.29, 0.717) is 35.7 Å². The van der Waals surface area contributed by atoms with Gasteiger partial charge in [-0.15, -0.1) is 0 Å². The number of nitrogens with one attached hydrogen (secondary N) is 2. The Hall–Kier alpha value is -3.23. The lowest BCUT2D eigenvalue weighted by molar-refractivity contribution is -0.111. The molecule has 0 unspecified atom stereocenters. The molecular formula is C26H31ClN5O4P. The molecule has 1 heterocycles. The van der Waals surface area contributed by atoms with Gasteiger partial charge in [0, 0.05) is 24.1 Å². The van der Waals surface area contributed by atoms with Gasteiger partial charge in [0.15, 0.2) is 5.82 Å². The van der Waals surface area contributed by atoms with Gasteiger partial charge in [0.2, 0.25) is 11.9 Å². The van der Waals surface area contributed by atoms with Gasteiger partial charge >= 0.3 is 7.60 Å². The van der Waals surface area contributed by atoms with E-state index in [1.807, 2.05) is 44.3 Å². The third kappa shape index (κ3) is 7.63. The Balaban J connectivity index is 1.81. The van der Waals surface area contributed by atoms with Crippen LogP contribution >= 0.6 is 19.2 Å². The summed E-state index contributed by atoms with van der Waals surface area (Å²) in [5.41, 5.74) is 3.93. The Morgan fingerprint density at radius 3 is 2.57 bits per heavy atom. The fourth-order valence-electron chi connectivity index (χ4n) is 3.59. The maximum atomic E-state index is 12.9. The predicted octanol–water partition coefficient (Wildman–Crippen LogP) is 6.84. The molecule has 3 rings (SSSR count). The van der Waals surface area contributed by atoms with E-state index in [2.05, 4.69) is 27.2 Å². The summed E-state index contributed by atoms with van der Waals surface area (Å²) < 4.78 is 23.7. The van der Waals surface area contributed by atoms with Crippen molar-refractivity contribution in [3.8, 4) is 0 Å². The van der Waals surface area contributed by atoms with Crippen LogP contribution in [0.25, 0.3) is 0 Å². The first kappa shape index (κ1) is 28.3. The van der Waals surface area contributed by atoms with Crippen molar-refractivity contribution in [3.05, 3.63) is 77.5 Å². The topological polar surface area (TPSA) is 106 Å². The largest absolute Gasteiger partial charge is 0.335 e. The van der Waals surface area contributed by atoms with Crippen molar-refractivity contribution in [2.24, 2.45) is 0 Å². The molecule has 0 aliphatic rings. The highest BCUT2D eigenvalue weighted by atomic mass is 35.5. The molecule has 1 amide bonds. The van der Waals surface area contributed by atoms with Gasteiger partial charge in [0.05, 0.1) is 25.6 Å². The van der Waals surface area contributed by atoms with Crippen LogP contribution < -0.4 is 15.5 Å². The molecule has 3 aromatic rings. The molecule has 9 nitrogen and oxygen atoms in total. The quantitative estimate of drug-likeness (QED) is 0.189. The summed E-state index contributed by atoms with van der Waals surface area (Å²) in [6.45, 7) is 9.62. The van der Waals surface area contributed by atoms with Crippen LogP contribution in [0.2, 0.25) is 5.02 Å². The first-order chi connectivity index (χ1) is 17.7. The summed E-state index contributed by atoms with van der Waals surface area (Å²) in [4.78, 5) is 22.4. The van der Waals surface area contributed by atoms with Gasteiger partial charge in [-0.25, -0.2) is 4.98 Å². The van der Waals surface area contributed by atoms with Crippen LogP contribution in [0.5, 0.6) is 0 Å². The second-order valence-corrected chi connectivity index (χ2v) is 10.5. The lowest BCUT2D eigenvalue weighted by Gasteiger charge is -2.21. The van der Waals surface area contributed by atoms with E-state index in [9.17, 15) is 9.36 Å². The SMILES string of the molecule is C=CC(=O)Nc1cccc(N(C)c2nc(Nc3ccc(CP(=O)(OCC)OCC)cc3C)ncc2Cl)c1. The Labute approximate surface area is 222 Å². The van der Waals surface area contributed by atoms with Gasteiger partial charge in [-0.1, -0.05) is 36.4 Å². The fourth-order valence-corrected chi connectivity index (χ4v) is 5.50. The monoisotopic (exact) mass is 543 g/mol. The van der Waals surface area contributed by atoms with E-state index in [1.54, 1.807) is 30.9 Å². The fraction of sp³-hybridized carbons (Fsp3) is 0.269. The molecule has 1 aromatic heterocycles. The number of nitrogens with zero attached hydrogens (tertiary/aromatic N) is 3. The number of aromatic nitrogens is 2. The highest BCUT2D eigenvalue weighted by Gasteiger charge is 2.24. The zero-order chi connectivity index (χ0) is 27.0. The minimum Gasteiger partial charge on any atom is -0.328 e. The molecule has 2 N–H and O–H groups in total. The third-order valence-electron chi connectivity index (χ3n) is 5.29. The molecule has 0 fully saturated rings. The summed E-state index contributed by atoms with van der Waals surface area (Å²) in [5.74, 6) is 0.536. The zero-order valence-corrected chi connectivity index (χ0v) is 23.0. The first-order valence-electron chi connectivity index (χ1n) is 11.7. The number of carbonyl (C=O) groups excluding carboxylic acids is 1. The number of anilines is 5. The minimum atomic E-state index is -3.20. The molecule has 196 valence electrons. The summed E-state index contributed by atoms with van der Waals surface area (Å²) in [7, 11) is -1.38. The van der Waals surface area contributed by atoms with Gasteiger partial charge in [-0.2, -0.15) is 4.98 Å². The van der Waals surface area contributed by atoms with Crippen LogP contribution in [0.3, 0.4) is 0 Å². The van der Waals surface area contributed by atoms with Crippen molar-refractivity contribution in [3.63, 3.8) is 0 Å². The summed E-state index contributed by atoms with van der Waals surface area (Å²) in [6.07, 6.45) is 2.92. The van der Waals surface area contributed by atoms with Crippen LogP contribution in [0.1, 0.15) is 25.0 Å². The second kappa shape index (κ2) is 12.8. The van der Waals surface area contributed by atoms with Gasteiger partial charge in [0.25, 0.3) is 0 Å². The number of amides is 1. The molecule has 0 saturated carbocycles. The van der Waals surface area contributed by atoms with Crippen LogP contribution in [0.4, 0.5) is 28.8 Å². The van der Waals surface area contributed by atoms with Gasteiger partial charge < -0.3 is 24.6 Å². The number of hydrogen-bond donors (Lipinski definition) is 2. The molecule has 11 heteroatoms. The van der Waals surface area contributed by atoms with Crippen LogP contribution in [-0.4, -0.2) is 36.1 Å². The van der Waals surface area contributed by atoms with E-state index in [-0.39, 0.29) is 12.1 Å². The van der Waals surface area contributed by atoms with Crippen LogP contribution in [-0.2, 0) is 24.6 Å². The molecule has 0 aliphatic carbocycles. The third-order valence-corrected chi connectivity index (χ3v) is 7.62. The van der Waals surface area contributed by atoms with Gasteiger partial charge in [-0.05, 0) is 62.2 Å². The number of halogens is 1. The Morgan fingerprint density at radius 2 is 1.92 bits per heavy atom. The molecule has 0 aliphatic heterocycles. The van der Waals surface area contributed by atoms with Crippen molar-refractivity contribution < 1.29 is 18.4 Å². The molecule has 0 atom stereocenters. The average molecular weight is 544 g/mol. The van der Waals surface area contributed by atoms with Crippen LogP contribution in [0.15, 0.2) is 61.3 Å². The summed E-state index contributed by atoms with van der Waals surface area (Å²) in [6, 6.07) is 13.0. The van der Waals surface area contributed by atoms with Crippen molar-refractivity contribution in [1.29, 1.82) is 0 Å². The van der Waals surface area contributed by atoms with Crippen molar-refractivity contribution in [1.82, 2.24) is 9.97 Å². The predicted molar refractivity (Wildman–Crippen MR) is 149 cm³/mol. The Kier molecular flexibility index (Phi) is 9.83. The number of aryl methyl sites for hydroxylation is 1. The standard InChI is InChI=1S/C26H31ClN5O4P/c1-6-24(33)29-20-10-9-11-21(15-20)32(5)25-22(27)16-28-26(31-25)30-23-13-12-19(14-18(23)4)17-37(34,35-7-2)36-8-3/h6,9-16H,1,7-8,17H2,2-5H3,(H,29,33)(H,28,30,31).